The van der Waals surface area contributed by atoms with Crippen LogP contribution in [0.1, 0.15) is 0 Å². The van der Waals surface area contributed by atoms with Gasteiger partial charge in [-0.2, -0.15) is 0 Å². The van der Waals surface area contributed by atoms with Gasteiger partial charge in [-0.15, -0.1) is 0 Å². The van der Waals surface area contributed by atoms with Crippen LogP contribution in [0.2, 0.25) is 0 Å². The molecule has 0 atom stereocenters. The second-order valence-corrected chi connectivity index (χ2v) is 0. The monoisotopic (exact) mass is 538 g/mol. The van der Waals surface area contributed by atoms with E-state index in [9.17, 15) is 0 Å². The zero-order chi connectivity index (χ0) is 0. The molecular weight excluding hydrogens is 539 g/mol. The van der Waals surface area contributed by atoms with Crippen LogP contribution < -0.4 is 0 Å². The van der Waals surface area contributed by atoms with Crippen molar-refractivity contribution in [3.8, 4) is 0 Å². The summed E-state index contributed by atoms with van der Waals surface area (Å²) in [5.41, 5.74) is 0. The first-order valence-corrected chi connectivity index (χ1v) is 0. The van der Waals surface area contributed by atoms with E-state index in [0.29, 0.717) is 0 Å². The molecule has 0 aliphatic heterocycles. The Balaban J connectivity index is 0. The van der Waals surface area contributed by atoms with Crippen molar-refractivity contribution >= 4 is 0 Å². The van der Waals surface area contributed by atoms with Gasteiger partial charge in [0.1, 0.15) is 0 Å². The van der Waals surface area contributed by atoms with Gasteiger partial charge in [0, 0.05) is 40.8 Å². The predicted molar refractivity (Wildman–Crippen MR) is 2.06 cm³/mol. The molecule has 0 bridgehead atoms. The smallest absolute Gasteiger partial charge is 2.00 e. The SMILES string of the molecule is [La+3].[La+3].[O-2].[O-2].[O-2].[Pd].[Pd]. The van der Waals surface area contributed by atoms with Crippen molar-refractivity contribution in [2.24, 2.45) is 0 Å². The summed E-state index contributed by atoms with van der Waals surface area (Å²) >= 11 is 0. The molecule has 0 fully saturated rings. The molecule has 0 aliphatic carbocycles. The Hall–Kier alpha value is 3.59. The predicted octanol–water partition coefficient (Wildman–Crippen LogP) is -0.361. The van der Waals surface area contributed by atoms with E-state index in [0.717, 1.165) is 0 Å². The molecule has 0 aromatic heterocycles. The standard InChI is InChI=1S/2La.3O.2Pd/q2*+3;3*-2;;. The second kappa shape index (κ2) is 54.9. The van der Waals surface area contributed by atoms with Crippen LogP contribution in [0.25, 0.3) is 0 Å². The minimum atomic E-state index is 0. The zero-order valence-corrected chi connectivity index (χ0v) is 13.4. The summed E-state index contributed by atoms with van der Waals surface area (Å²) in [4.78, 5) is 0. The molecule has 0 radical (unpaired) electrons. The molecule has 0 saturated heterocycles. The van der Waals surface area contributed by atoms with Gasteiger partial charge >= 0.3 is 71.2 Å². The number of hydrogen-bond acceptors (Lipinski definition) is 0. The van der Waals surface area contributed by atoms with Gasteiger partial charge in [-0.1, -0.05) is 0 Å². The molecule has 44 valence electrons. The van der Waals surface area contributed by atoms with Gasteiger partial charge in [0.05, 0.1) is 0 Å². The van der Waals surface area contributed by atoms with Crippen molar-refractivity contribution in [2.75, 3.05) is 0 Å². The fourth-order valence-electron chi connectivity index (χ4n) is 0. The van der Waals surface area contributed by atoms with Crippen molar-refractivity contribution in [3.05, 3.63) is 0 Å². The van der Waals surface area contributed by atoms with Gasteiger partial charge in [0.25, 0.3) is 0 Å². The van der Waals surface area contributed by atoms with E-state index in [-0.39, 0.29) is 128 Å². The Morgan fingerprint density at radius 1 is 0.429 bits per heavy atom. The molecule has 0 saturated carbocycles. The third-order valence-corrected chi connectivity index (χ3v) is 0. The third kappa shape index (κ3) is 42.8. The Kier molecular flexibility index (Phi) is 592. The summed E-state index contributed by atoms with van der Waals surface area (Å²) in [7, 11) is 0. The van der Waals surface area contributed by atoms with Crippen LogP contribution in [0.15, 0.2) is 0 Å². The van der Waals surface area contributed by atoms with E-state index in [4.69, 9.17) is 0 Å². The first-order valence-electron chi connectivity index (χ1n) is 0. The molecular formula is La2O3Pd2. The molecule has 0 aromatic carbocycles. The number of hydrogen-bond donors (Lipinski definition) is 0. The van der Waals surface area contributed by atoms with Gasteiger partial charge in [-0.05, 0) is 0 Å². The Labute approximate surface area is 126 Å². The van der Waals surface area contributed by atoms with E-state index in [1.54, 1.807) is 0 Å². The largest absolute Gasteiger partial charge is 3.00 e. The normalized spacial score (nSPS) is 0. The van der Waals surface area contributed by atoms with Crippen LogP contribution in [0.3, 0.4) is 0 Å². The van der Waals surface area contributed by atoms with E-state index in [2.05, 4.69) is 0 Å². The van der Waals surface area contributed by atoms with Crippen molar-refractivity contribution in [1.82, 2.24) is 0 Å². The molecule has 0 heterocycles. The Morgan fingerprint density at radius 2 is 0.429 bits per heavy atom. The number of rotatable bonds is 0. The van der Waals surface area contributed by atoms with Crippen LogP contribution in [-0.2, 0) is 57.3 Å². The van der Waals surface area contributed by atoms with Gasteiger partial charge in [-0.25, -0.2) is 0 Å². The summed E-state index contributed by atoms with van der Waals surface area (Å²) in [6.45, 7) is 0. The van der Waals surface area contributed by atoms with E-state index >= 15 is 0 Å². The van der Waals surface area contributed by atoms with Crippen molar-refractivity contribution in [2.45, 2.75) is 0 Å². The van der Waals surface area contributed by atoms with E-state index in [1.807, 2.05) is 0 Å². The minimum Gasteiger partial charge on any atom is -2.00 e. The molecule has 0 amide bonds. The Morgan fingerprint density at radius 3 is 0.429 bits per heavy atom. The van der Waals surface area contributed by atoms with Gasteiger partial charge in [0.2, 0.25) is 0 Å². The molecule has 0 aromatic rings. The maximum atomic E-state index is 0. The maximum Gasteiger partial charge on any atom is 3.00 e. The summed E-state index contributed by atoms with van der Waals surface area (Å²) < 4.78 is 0. The fraction of sp³-hybridized carbons (Fsp3) is 0. The molecule has 7 heteroatoms. The van der Waals surface area contributed by atoms with Gasteiger partial charge in [-0.3, -0.25) is 0 Å². The molecule has 3 nitrogen and oxygen atoms in total. The molecule has 0 aliphatic rings. The van der Waals surface area contributed by atoms with E-state index in [1.165, 1.54) is 0 Å². The van der Waals surface area contributed by atoms with Gasteiger partial charge < -0.3 is 16.4 Å². The average Bonchev–Trinajstić information content (AvgIpc) is 0. The van der Waals surface area contributed by atoms with Crippen LogP contribution in [0.4, 0.5) is 0 Å². The minimum absolute atomic E-state index is 0. The van der Waals surface area contributed by atoms with Crippen molar-refractivity contribution in [3.63, 3.8) is 0 Å². The Bertz CT molecular complexity index is 10.9. The third-order valence-electron chi connectivity index (χ3n) is 0. The molecule has 0 N–H and O–H groups in total. The van der Waals surface area contributed by atoms with Crippen molar-refractivity contribution < 1.29 is 128 Å². The van der Waals surface area contributed by atoms with Crippen LogP contribution >= 0.6 is 0 Å². The summed E-state index contributed by atoms with van der Waals surface area (Å²) in [6, 6.07) is 0. The molecule has 0 spiro atoms. The molecule has 7 heavy (non-hydrogen) atoms. The first kappa shape index (κ1) is 75.5. The fourth-order valence-corrected chi connectivity index (χ4v) is 0. The van der Waals surface area contributed by atoms with Gasteiger partial charge in [0.15, 0.2) is 0 Å². The summed E-state index contributed by atoms with van der Waals surface area (Å²) in [5, 5.41) is 0. The van der Waals surface area contributed by atoms with Crippen LogP contribution in [0, 0.1) is 71.2 Å². The average molecular weight is 539 g/mol. The quantitative estimate of drug-likeness (QED) is 0.378. The first-order chi connectivity index (χ1) is 0. The topological polar surface area (TPSA) is 85.5 Å². The molecule has 0 unspecified atom stereocenters. The molecule has 0 rings (SSSR count). The van der Waals surface area contributed by atoms with Crippen molar-refractivity contribution in [1.29, 1.82) is 0 Å². The zero-order valence-electron chi connectivity index (χ0n) is 3.01. The van der Waals surface area contributed by atoms with Crippen LogP contribution in [-0.4, -0.2) is 0 Å². The summed E-state index contributed by atoms with van der Waals surface area (Å²) in [6.07, 6.45) is 0. The van der Waals surface area contributed by atoms with E-state index < -0.39 is 0 Å². The second-order valence-electron chi connectivity index (χ2n) is 0. The maximum absolute atomic E-state index is 0. The summed E-state index contributed by atoms with van der Waals surface area (Å²) in [5.74, 6) is 0. The van der Waals surface area contributed by atoms with Crippen LogP contribution in [0.5, 0.6) is 0 Å².